The standard InChI is InChI=1S/C16H15FN2O2S.C14H11ClFNO.C9H7FO.C7H10N2O2S.C5H4ClNO/c1-11-5-7-12(8-6-11)22(20,21)19-18-16-10-9-13-14(16)3-2-4-15(13)17;15-9-6-10(8-17-7-9)18-14-5-4-11-12(14)2-1-3-13(11)16;10-8-3-1-2-7-6(8)4-5-9(7)11;1-6-2-4-7(5-3-6)12(10,11)9-8;6-4-1-5(8)3-7-2-4/h2-8,19H,9-10H2,1H3;1-3,6-8,14H,4-5H2;1-3H,4-5H2;2-5,9H,8H2,1H3;1-3,8H/b18-16+;;;;. The van der Waals surface area contributed by atoms with Gasteiger partial charge in [-0.15, -0.1) is 0 Å². The second kappa shape index (κ2) is 24.4. The molecule has 0 bridgehead atoms. The van der Waals surface area contributed by atoms with Crippen LogP contribution in [0.5, 0.6) is 11.5 Å². The molecule has 1 unspecified atom stereocenters. The van der Waals surface area contributed by atoms with E-state index < -0.39 is 20.0 Å². The zero-order valence-corrected chi connectivity index (χ0v) is 41.3. The van der Waals surface area contributed by atoms with Crippen LogP contribution in [0, 0.1) is 31.3 Å². The van der Waals surface area contributed by atoms with Gasteiger partial charge in [0.25, 0.3) is 20.0 Å². The van der Waals surface area contributed by atoms with Crippen LogP contribution in [0.2, 0.25) is 10.0 Å². The van der Waals surface area contributed by atoms with E-state index in [0.29, 0.717) is 75.9 Å². The maximum absolute atomic E-state index is 13.6. The Morgan fingerprint density at radius 3 is 1.72 bits per heavy atom. The summed E-state index contributed by atoms with van der Waals surface area (Å²) < 4.78 is 92.5. The predicted octanol–water partition coefficient (Wildman–Crippen LogP) is 10.2. The molecule has 0 saturated carbocycles. The fraction of sp³-hybridized carbons (Fsp3) is 0.176. The van der Waals surface area contributed by atoms with Gasteiger partial charge in [-0.3, -0.25) is 20.6 Å². The topological polar surface area (TPSA) is 203 Å². The average molecular weight is 1050 g/mol. The summed E-state index contributed by atoms with van der Waals surface area (Å²) in [4.78, 5) is 22.9. The van der Waals surface area contributed by atoms with Gasteiger partial charge in [0.1, 0.15) is 35.1 Å². The maximum Gasteiger partial charge on any atom is 0.276 e. The molecular weight excluding hydrogens is 1000 g/mol. The molecule has 370 valence electrons. The number of hydrogen-bond acceptors (Lipinski definition) is 11. The lowest BCUT2D eigenvalue weighted by molar-refractivity contribution is 0.0994. The third-order valence-electron chi connectivity index (χ3n) is 11.0. The number of hydrazone groups is 1. The smallest absolute Gasteiger partial charge is 0.276 e. The van der Waals surface area contributed by atoms with E-state index in [1.54, 1.807) is 77.9 Å². The Bertz CT molecular complexity index is 3240. The fourth-order valence-electron chi connectivity index (χ4n) is 7.41. The second-order valence-electron chi connectivity index (χ2n) is 16.0. The molecule has 20 heteroatoms. The van der Waals surface area contributed by atoms with Gasteiger partial charge in [0, 0.05) is 42.1 Å². The van der Waals surface area contributed by atoms with Crippen LogP contribution in [0.1, 0.15) is 74.7 Å². The lowest BCUT2D eigenvalue weighted by atomic mass is 10.1. The highest BCUT2D eigenvalue weighted by Gasteiger charge is 2.27. The van der Waals surface area contributed by atoms with Crippen molar-refractivity contribution >= 4 is 54.7 Å². The summed E-state index contributed by atoms with van der Waals surface area (Å²) in [5, 5.41) is 13.6. The minimum atomic E-state index is -3.71. The van der Waals surface area contributed by atoms with E-state index >= 15 is 0 Å². The molecule has 7 aromatic rings. The van der Waals surface area contributed by atoms with Crippen LogP contribution >= 0.6 is 23.2 Å². The first-order valence-electron chi connectivity index (χ1n) is 21.7. The molecule has 10 rings (SSSR count). The van der Waals surface area contributed by atoms with Gasteiger partial charge in [0.05, 0.1) is 37.9 Å². The number of ketones is 1. The third-order valence-corrected chi connectivity index (χ3v) is 13.8. The first kappa shape index (κ1) is 53.7. The van der Waals surface area contributed by atoms with Gasteiger partial charge in [-0.05, 0) is 111 Å². The Labute approximate surface area is 419 Å². The molecule has 13 nitrogen and oxygen atoms in total. The third kappa shape index (κ3) is 14.7. The predicted molar refractivity (Wildman–Crippen MR) is 266 cm³/mol. The molecular formula is C51H47Cl2F3N6O7S2. The Kier molecular flexibility index (Phi) is 18.5. The molecule has 0 spiro atoms. The highest BCUT2D eigenvalue weighted by molar-refractivity contribution is 7.89. The normalized spacial score (nSPS) is 14.7. The van der Waals surface area contributed by atoms with E-state index in [4.69, 9.17) is 38.9 Å². The Morgan fingerprint density at radius 1 is 0.648 bits per heavy atom. The quantitative estimate of drug-likeness (QED) is 0.0879. The lowest BCUT2D eigenvalue weighted by Crippen LogP contribution is -2.30. The summed E-state index contributed by atoms with van der Waals surface area (Å²) in [5.41, 5.74) is 6.67. The van der Waals surface area contributed by atoms with Crippen LogP contribution in [0.4, 0.5) is 13.2 Å². The van der Waals surface area contributed by atoms with Gasteiger partial charge < -0.3 is 9.84 Å². The van der Waals surface area contributed by atoms with Crippen molar-refractivity contribution in [3.05, 3.63) is 212 Å². The van der Waals surface area contributed by atoms with Crippen LogP contribution < -0.4 is 20.2 Å². The number of pyridine rings is 2. The van der Waals surface area contributed by atoms with Gasteiger partial charge in [-0.1, -0.05) is 95.0 Å². The molecule has 3 aliphatic carbocycles. The van der Waals surface area contributed by atoms with Gasteiger partial charge in [-0.2, -0.15) is 23.2 Å². The number of hydrogen-bond donors (Lipinski definition) is 4. The molecule has 2 heterocycles. The summed E-state index contributed by atoms with van der Waals surface area (Å²) in [7, 11) is -7.20. The molecule has 71 heavy (non-hydrogen) atoms. The van der Waals surface area contributed by atoms with Gasteiger partial charge >= 0.3 is 0 Å². The average Bonchev–Trinajstić information content (AvgIpc) is 4.08. The number of aromatic nitrogens is 2. The van der Waals surface area contributed by atoms with Crippen LogP contribution in [0.25, 0.3) is 0 Å². The fourth-order valence-corrected chi connectivity index (χ4v) is 9.20. The Balaban J connectivity index is 0.000000152. The number of hydrazine groups is 1. The van der Waals surface area contributed by atoms with Crippen molar-refractivity contribution < 1.29 is 44.6 Å². The number of aromatic hydroxyl groups is 1. The molecule has 0 radical (unpaired) electrons. The van der Waals surface area contributed by atoms with Crippen molar-refractivity contribution in [2.75, 3.05) is 0 Å². The van der Waals surface area contributed by atoms with Crippen LogP contribution in [-0.4, -0.2) is 43.4 Å². The van der Waals surface area contributed by atoms with E-state index in [1.165, 1.54) is 60.9 Å². The zero-order valence-electron chi connectivity index (χ0n) is 38.1. The van der Waals surface area contributed by atoms with E-state index in [9.17, 15) is 34.8 Å². The number of sulfonamides is 2. The molecule has 0 aliphatic heterocycles. The molecule has 1 atom stereocenters. The minimum absolute atomic E-state index is 0.0690. The molecule has 0 fully saturated rings. The molecule has 3 aliphatic rings. The summed E-state index contributed by atoms with van der Waals surface area (Å²) in [6.07, 6.45) is 9.42. The number of aryl methyl sites for hydroxylation is 2. The Hall–Kier alpha value is -6.67. The van der Waals surface area contributed by atoms with Crippen molar-refractivity contribution in [2.45, 2.75) is 68.3 Å². The van der Waals surface area contributed by atoms with Gasteiger partial charge in [0.2, 0.25) is 0 Å². The van der Waals surface area contributed by atoms with Crippen LogP contribution in [0.3, 0.4) is 0 Å². The van der Waals surface area contributed by atoms with Crippen molar-refractivity contribution in [3.8, 4) is 11.5 Å². The number of carbonyl (C=O) groups excluding carboxylic acids is 1. The molecule has 0 amide bonds. The minimum Gasteiger partial charge on any atom is -0.506 e. The highest BCUT2D eigenvalue weighted by atomic mass is 35.5. The number of rotatable bonds is 7. The van der Waals surface area contributed by atoms with Gasteiger partial charge in [0.15, 0.2) is 5.78 Å². The SMILES string of the molecule is Cc1ccc(S(=O)(=O)N/N=C2\CCc3c(F)cccc32)cc1.Cc1ccc(S(=O)(=O)NN)cc1.Fc1cccc2c1CCC2Oc1cncc(Cl)c1.O=C1CCc2c(F)cccc21.Oc1cncc(Cl)c1. The van der Waals surface area contributed by atoms with E-state index in [-0.39, 0.29) is 44.9 Å². The lowest BCUT2D eigenvalue weighted by Gasteiger charge is -2.14. The molecule has 2 aromatic heterocycles. The number of nitrogens with one attached hydrogen (secondary N) is 2. The van der Waals surface area contributed by atoms with Crippen molar-refractivity contribution in [3.63, 3.8) is 0 Å². The summed E-state index contributed by atoms with van der Waals surface area (Å²) in [6.45, 7) is 3.76. The summed E-state index contributed by atoms with van der Waals surface area (Å²) >= 11 is 11.3. The Morgan fingerprint density at radius 2 is 1.17 bits per heavy atom. The number of carbonyl (C=O) groups is 1. The number of nitrogens with two attached hydrogens (primary N) is 1. The number of halogens is 5. The summed E-state index contributed by atoms with van der Waals surface area (Å²) in [5.74, 6) is 4.95. The van der Waals surface area contributed by atoms with Crippen molar-refractivity contribution in [1.29, 1.82) is 0 Å². The van der Waals surface area contributed by atoms with Crippen molar-refractivity contribution in [1.82, 2.24) is 19.6 Å². The number of ether oxygens (including phenoxy) is 1. The number of Topliss-reactive ketones (excluding diaryl/α,β-unsaturated/α-hetero) is 1. The van der Waals surface area contributed by atoms with E-state index in [1.807, 2.05) is 19.9 Å². The highest BCUT2D eigenvalue weighted by Crippen LogP contribution is 2.36. The van der Waals surface area contributed by atoms with E-state index in [0.717, 1.165) is 28.7 Å². The van der Waals surface area contributed by atoms with Crippen LogP contribution in [-0.2, 0) is 39.3 Å². The zero-order chi connectivity index (χ0) is 51.3. The van der Waals surface area contributed by atoms with E-state index in [2.05, 4.69) is 19.9 Å². The number of nitrogens with zero attached hydrogens (tertiary/aromatic N) is 3. The largest absolute Gasteiger partial charge is 0.506 e. The first-order chi connectivity index (χ1) is 33.8. The maximum atomic E-state index is 13.6. The number of benzene rings is 5. The molecule has 5 N–H and O–H groups in total. The molecule has 5 aromatic carbocycles. The first-order valence-corrected chi connectivity index (χ1v) is 25.4. The number of fused-ring (bicyclic) bond motifs is 3. The van der Waals surface area contributed by atoms with Gasteiger partial charge in [-0.25, -0.2) is 21.6 Å². The second-order valence-corrected chi connectivity index (χ2v) is 20.3. The monoisotopic (exact) mass is 1050 g/mol. The molecule has 0 saturated heterocycles. The van der Waals surface area contributed by atoms with Crippen LogP contribution in [0.15, 0.2) is 155 Å². The summed E-state index contributed by atoms with van der Waals surface area (Å²) in [6, 6.07) is 30.6. The van der Waals surface area contributed by atoms with Crippen molar-refractivity contribution in [2.24, 2.45) is 10.9 Å².